The Kier molecular flexibility index (Phi) is 7.84. The van der Waals surface area contributed by atoms with Gasteiger partial charge in [-0.1, -0.05) is 25.3 Å². The first-order valence-electron chi connectivity index (χ1n) is 7.59. The van der Waals surface area contributed by atoms with Crippen LogP contribution >= 0.6 is 0 Å². The summed E-state index contributed by atoms with van der Waals surface area (Å²) >= 11 is 0. The average molecular weight is 310 g/mol. The summed E-state index contributed by atoms with van der Waals surface area (Å²) in [5.41, 5.74) is 6.95. The van der Waals surface area contributed by atoms with Crippen LogP contribution in [0.4, 0.5) is 11.4 Å². The molecule has 22 heavy (non-hydrogen) atoms. The van der Waals surface area contributed by atoms with E-state index in [2.05, 4.69) is 9.47 Å². The lowest BCUT2D eigenvalue weighted by molar-refractivity contribution is -0.384. The molecule has 1 aliphatic carbocycles. The van der Waals surface area contributed by atoms with E-state index in [1.54, 1.807) is 26.4 Å². The number of nitrogens with two attached hydrogens (primary N) is 1. The van der Waals surface area contributed by atoms with Crippen LogP contribution in [-0.4, -0.2) is 25.4 Å². The van der Waals surface area contributed by atoms with Gasteiger partial charge in [0, 0.05) is 20.3 Å². The first-order valence-corrected chi connectivity index (χ1v) is 7.59. The Morgan fingerprint density at radius 1 is 1.23 bits per heavy atom. The Morgan fingerprint density at radius 2 is 1.82 bits per heavy atom. The minimum atomic E-state index is -0.401. The van der Waals surface area contributed by atoms with Crippen LogP contribution in [0.2, 0.25) is 0 Å². The van der Waals surface area contributed by atoms with E-state index in [0.717, 1.165) is 18.4 Å². The number of nitrogen functional groups attached to an aromatic ring is 1. The second kappa shape index (κ2) is 9.38. The summed E-state index contributed by atoms with van der Waals surface area (Å²) < 4.78 is 9.35. The predicted molar refractivity (Wildman–Crippen MR) is 86.8 cm³/mol. The number of nitro benzene ring substituents is 1. The van der Waals surface area contributed by atoms with Crippen molar-refractivity contribution in [1.29, 1.82) is 0 Å². The average Bonchev–Trinajstić information content (AvgIpc) is 2.55. The maximum Gasteiger partial charge on any atom is 0.292 e. The van der Waals surface area contributed by atoms with Crippen molar-refractivity contribution in [2.24, 2.45) is 0 Å². The van der Waals surface area contributed by atoms with E-state index in [9.17, 15) is 10.1 Å². The van der Waals surface area contributed by atoms with Crippen LogP contribution in [0.3, 0.4) is 0 Å². The Morgan fingerprint density at radius 3 is 2.27 bits per heavy atom. The van der Waals surface area contributed by atoms with Crippen LogP contribution in [-0.2, 0) is 9.47 Å². The van der Waals surface area contributed by atoms with Gasteiger partial charge in [-0.2, -0.15) is 0 Å². The summed E-state index contributed by atoms with van der Waals surface area (Å²) in [5, 5.41) is 10.8. The predicted octanol–water partition coefficient (Wildman–Crippen LogP) is 3.85. The van der Waals surface area contributed by atoms with Gasteiger partial charge in [0.05, 0.1) is 4.92 Å². The standard InChI is InChI=1S/C12H16N2O2.C4H10O2/c13-11-7-6-10(8-12(11)14(15)16)9-4-2-1-3-5-9;1-4(5-2)6-3/h6-9H,1-5,13H2;4H,1-3H3. The minimum absolute atomic E-state index is 0.0445. The van der Waals surface area contributed by atoms with Crippen molar-refractivity contribution in [3.63, 3.8) is 0 Å². The number of benzene rings is 1. The van der Waals surface area contributed by atoms with Gasteiger partial charge < -0.3 is 15.2 Å². The molecule has 0 heterocycles. The zero-order chi connectivity index (χ0) is 16.5. The molecular weight excluding hydrogens is 284 g/mol. The molecule has 0 radical (unpaired) electrons. The molecule has 1 aliphatic rings. The van der Waals surface area contributed by atoms with Gasteiger partial charge in [0.1, 0.15) is 5.69 Å². The molecule has 0 amide bonds. The van der Waals surface area contributed by atoms with Gasteiger partial charge in [-0.05, 0) is 37.3 Å². The molecule has 1 aromatic rings. The van der Waals surface area contributed by atoms with Crippen molar-refractivity contribution < 1.29 is 14.4 Å². The molecular formula is C16H26N2O4. The third kappa shape index (κ3) is 5.61. The van der Waals surface area contributed by atoms with Crippen molar-refractivity contribution in [2.45, 2.75) is 51.2 Å². The summed E-state index contributed by atoms with van der Waals surface area (Å²) in [6, 6.07) is 5.23. The molecule has 124 valence electrons. The summed E-state index contributed by atoms with van der Waals surface area (Å²) in [4.78, 5) is 10.4. The Labute approximate surface area is 131 Å². The molecule has 0 saturated heterocycles. The van der Waals surface area contributed by atoms with Crippen LogP contribution < -0.4 is 5.73 Å². The van der Waals surface area contributed by atoms with Gasteiger partial charge in [-0.25, -0.2) is 0 Å². The van der Waals surface area contributed by atoms with E-state index in [0.29, 0.717) is 5.92 Å². The van der Waals surface area contributed by atoms with Crippen molar-refractivity contribution in [3.8, 4) is 0 Å². The molecule has 0 aliphatic heterocycles. The van der Waals surface area contributed by atoms with Crippen molar-refractivity contribution in [1.82, 2.24) is 0 Å². The zero-order valence-electron chi connectivity index (χ0n) is 13.6. The fraction of sp³-hybridized carbons (Fsp3) is 0.625. The van der Waals surface area contributed by atoms with Gasteiger partial charge >= 0.3 is 0 Å². The molecule has 1 saturated carbocycles. The summed E-state index contributed by atoms with van der Waals surface area (Å²) in [5.74, 6) is 0.480. The molecule has 0 bridgehead atoms. The van der Waals surface area contributed by atoms with Gasteiger partial charge in [-0.15, -0.1) is 0 Å². The largest absolute Gasteiger partial charge is 0.393 e. The molecule has 6 heteroatoms. The van der Waals surface area contributed by atoms with Crippen molar-refractivity contribution in [2.75, 3.05) is 20.0 Å². The summed E-state index contributed by atoms with van der Waals surface area (Å²) in [6.45, 7) is 1.83. The number of hydrogen-bond acceptors (Lipinski definition) is 5. The molecule has 6 nitrogen and oxygen atoms in total. The lowest BCUT2D eigenvalue weighted by atomic mass is 9.84. The minimum Gasteiger partial charge on any atom is -0.393 e. The first kappa shape index (κ1) is 18.4. The van der Waals surface area contributed by atoms with E-state index < -0.39 is 4.92 Å². The number of rotatable bonds is 4. The number of ether oxygens (including phenoxy) is 2. The number of nitrogens with zero attached hydrogens (tertiary/aromatic N) is 1. The van der Waals surface area contributed by atoms with Crippen molar-refractivity contribution in [3.05, 3.63) is 33.9 Å². The van der Waals surface area contributed by atoms with E-state index in [1.165, 1.54) is 19.3 Å². The highest BCUT2D eigenvalue weighted by molar-refractivity contribution is 5.59. The molecule has 1 fully saturated rings. The van der Waals surface area contributed by atoms with Crippen molar-refractivity contribution >= 4 is 11.4 Å². The molecule has 0 unspecified atom stereocenters. The molecule has 0 aromatic heterocycles. The SMILES string of the molecule is COC(C)OC.Nc1ccc(C2CCCCC2)cc1[N+](=O)[O-]. The topological polar surface area (TPSA) is 87.6 Å². The second-order valence-corrected chi connectivity index (χ2v) is 5.45. The lowest BCUT2D eigenvalue weighted by Gasteiger charge is -2.21. The van der Waals surface area contributed by atoms with Gasteiger partial charge in [-0.3, -0.25) is 10.1 Å². The molecule has 2 N–H and O–H groups in total. The molecule has 0 spiro atoms. The van der Waals surface area contributed by atoms with Gasteiger partial charge in [0.15, 0.2) is 6.29 Å². The Balaban J connectivity index is 0.000000346. The van der Waals surface area contributed by atoms with E-state index >= 15 is 0 Å². The third-order valence-corrected chi connectivity index (χ3v) is 3.99. The maximum absolute atomic E-state index is 10.8. The summed E-state index contributed by atoms with van der Waals surface area (Å²) in [7, 11) is 3.21. The fourth-order valence-corrected chi connectivity index (χ4v) is 2.50. The van der Waals surface area contributed by atoms with Crippen LogP contribution in [0.25, 0.3) is 0 Å². The highest BCUT2D eigenvalue weighted by Crippen LogP contribution is 2.35. The number of methoxy groups -OCH3 is 2. The maximum atomic E-state index is 10.8. The Bertz CT molecular complexity index is 469. The second-order valence-electron chi connectivity index (χ2n) is 5.45. The molecule has 0 atom stereocenters. The van der Waals surface area contributed by atoms with Gasteiger partial charge in [0.25, 0.3) is 5.69 Å². The monoisotopic (exact) mass is 310 g/mol. The van der Waals surface area contributed by atoms with Crippen LogP contribution in [0.15, 0.2) is 18.2 Å². The van der Waals surface area contributed by atoms with E-state index in [4.69, 9.17) is 5.73 Å². The Hall–Kier alpha value is -1.66. The van der Waals surface area contributed by atoms with Crippen LogP contribution in [0.1, 0.15) is 50.5 Å². The van der Waals surface area contributed by atoms with Crippen LogP contribution in [0.5, 0.6) is 0 Å². The smallest absolute Gasteiger partial charge is 0.292 e. The quantitative estimate of drug-likeness (QED) is 0.395. The number of anilines is 1. The lowest BCUT2D eigenvalue weighted by Crippen LogP contribution is -2.05. The highest BCUT2D eigenvalue weighted by atomic mass is 16.7. The number of nitro groups is 1. The molecule has 1 aromatic carbocycles. The highest BCUT2D eigenvalue weighted by Gasteiger charge is 2.19. The van der Waals surface area contributed by atoms with Crippen LogP contribution in [0, 0.1) is 10.1 Å². The number of hydrogen-bond donors (Lipinski definition) is 1. The normalized spacial score (nSPS) is 15.3. The van der Waals surface area contributed by atoms with Gasteiger partial charge in [0.2, 0.25) is 0 Å². The third-order valence-electron chi connectivity index (χ3n) is 3.99. The van der Waals surface area contributed by atoms with E-state index in [-0.39, 0.29) is 17.7 Å². The van der Waals surface area contributed by atoms with E-state index in [1.807, 2.05) is 13.0 Å². The first-order chi connectivity index (χ1) is 10.5. The zero-order valence-corrected chi connectivity index (χ0v) is 13.6. The summed E-state index contributed by atoms with van der Waals surface area (Å²) in [6.07, 6.45) is 5.95. The fourth-order valence-electron chi connectivity index (χ4n) is 2.50. The molecule has 2 rings (SSSR count).